The second kappa shape index (κ2) is 9.71. The Morgan fingerprint density at radius 1 is 0.895 bits per heavy atom. The van der Waals surface area contributed by atoms with Gasteiger partial charge in [-0.25, -0.2) is 0 Å². The van der Waals surface area contributed by atoms with E-state index in [-0.39, 0.29) is 6.10 Å². The largest absolute Gasteiger partial charge is 0.494 e. The second-order valence-electron chi connectivity index (χ2n) is 5.07. The average molecular weight is 264 g/mol. The Kier molecular flexibility index (Phi) is 8.11. The van der Waals surface area contributed by atoms with Crippen molar-refractivity contribution in [1.29, 1.82) is 0 Å². The van der Waals surface area contributed by atoms with Crippen LogP contribution in [0.5, 0.6) is 11.5 Å². The summed E-state index contributed by atoms with van der Waals surface area (Å²) in [5.74, 6) is 1.86. The van der Waals surface area contributed by atoms with Crippen molar-refractivity contribution < 1.29 is 9.47 Å². The topological polar surface area (TPSA) is 18.5 Å². The SMILES string of the molecule is CCCCCCCOc1ccc(OC(C)CC)cc1. The molecule has 0 heterocycles. The van der Waals surface area contributed by atoms with E-state index < -0.39 is 0 Å². The molecule has 1 rings (SSSR count). The van der Waals surface area contributed by atoms with E-state index in [0.29, 0.717) is 0 Å². The van der Waals surface area contributed by atoms with Crippen LogP contribution in [-0.4, -0.2) is 12.7 Å². The van der Waals surface area contributed by atoms with Gasteiger partial charge >= 0.3 is 0 Å². The molecule has 0 aromatic heterocycles. The van der Waals surface area contributed by atoms with Gasteiger partial charge in [-0.3, -0.25) is 0 Å². The molecule has 1 atom stereocenters. The molecule has 1 unspecified atom stereocenters. The zero-order valence-corrected chi connectivity index (χ0v) is 12.7. The van der Waals surface area contributed by atoms with Gasteiger partial charge in [0, 0.05) is 0 Å². The van der Waals surface area contributed by atoms with Crippen molar-refractivity contribution in [3.05, 3.63) is 24.3 Å². The third kappa shape index (κ3) is 7.09. The van der Waals surface area contributed by atoms with Crippen molar-refractivity contribution in [2.45, 2.75) is 65.4 Å². The molecule has 0 aliphatic carbocycles. The number of hydrogen-bond donors (Lipinski definition) is 0. The molecule has 0 aliphatic heterocycles. The normalized spacial score (nSPS) is 12.2. The quantitative estimate of drug-likeness (QED) is 0.540. The van der Waals surface area contributed by atoms with Gasteiger partial charge in [-0.1, -0.05) is 39.5 Å². The minimum Gasteiger partial charge on any atom is -0.494 e. The highest BCUT2D eigenvalue weighted by atomic mass is 16.5. The summed E-state index contributed by atoms with van der Waals surface area (Å²) in [4.78, 5) is 0. The standard InChI is InChI=1S/C17H28O2/c1-4-6-7-8-9-14-18-16-10-12-17(13-11-16)19-15(3)5-2/h10-13,15H,4-9,14H2,1-3H3. The first-order valence-electron chi connectivity index (χ1n) is 7.65. The first-order chi connectivity index (χ1) is 9.26. The number of rotatable bonds is 10. The van der Waals surface area contributed by atoms with Gasteiger partial charge in [0.25, 0.3) is 0 Å². The lowest BCUT2D eigenvalue weighted by molar-refractivity contribution is 0.217. The number of ether oxygens (including phenoxy) is 2. The number of benzene rings is 1. The Morgan fingerprint density at radius 2 is 1.53 bits per heavy atom. The Morgan fingerprint density at radius 3 is 2.16 bits per heavy atom. The molecule has 19 heavy (non-hydrogen) atoms. The van der Waals surface area contributed by atoms with Gasteiger partial charge in [-0.05, 0) is 44.0 Å². The van der Waals surface area contributed by atoms with E-state index in [9.17, 15) is 0 Å². The van der Waals surface area contributed by atoms with Crippen molar-refractivity contribution in [3.63, 3.8) is 0 Å². The smallest absolute Gasteiger partial charge is 0.119 e. The molecular weight excluding hydrogens is 236 g/mol. The van der Waals surface area contributed by atoms with Gasteiger partial charge in [0.1, 0.15) is 11.5 Å². The van der Waals surface area contributed by atoms with Crippen molar-refractivity contribution in [2.75, 3.05) is 6.61 Å². The predicted octanol–water partition coefficient (Wildman–Crippen LogP) is 5.21. The minimum atomic E-state index is 0.269. The Labute approximate surface area is 118 Å². The van der Waals surface area contributed by atoms with Crippen LogP contribution in [0.25, 0.3) is 0 Å². The van der Waals surface area contributed by atoms with Crippen LogP contribution in [0.1, 0.15) is 59.3 Å². The molecule has 2 heteroatoms. The van der Waals surface area contributed by atoms with Crippen LogP contribution in [0.2, 0.25) is 0 Å². The molecule has 0 N–H and O–H groups in total. The molecule has 0 radical (unpaired) electrons. The summed E-state index contributed by atoms with van der Waals surface area (Å²) in [7, 11) is 0. The maximum absolute atomic E-state index is 5.73. The summed E-state index contributed by atoms with van der Waals surface area (Å²) in [6.07, 6.45) is 7.65. The molecule has 1 aromatic rings. The van der Waals surface area contributed by atoms with E-state index >= 15 is 0 Å². The van der Waals surface area contributed by atoms with Crippen LogP contribution in [0.4, 0.5) is 0 Å². The summed E-state index contributed by atoms with van der Waals surface area (Å²) < 4.78 is 11.4. The molecule has 0 amide bonds. The third-order valence-electron chi connectivity index (χ3n) is 3.25. The van der Waals surface area contributed by atoms with E-state index in [4.69, 9.17) is 9.47 Å². The molecule has 108 valence electrons. The minimum absolute atomic E-state index is 0.269. The van der Waals surface area contributed by atoms with E-state index in [0.717, 1.165) is 30.9 Å². The first kappa shape index (κ1) is 15.9. The number of unbranched alkanes of at least 4 members (excludes halogenated alkanes) is 4. The van der Waals surface area contributed by atoms with Crippen molar-refractivity contribution >= 4 is 0 Å². The lowest BCUT2D eigenvalue weighted by Crippen LogP contribution is -2.09. The van der Waals surface area contributed by atoms with Crippen molar-refractivity contribution in [2.24, 2.45) is 0 Å². The van der Waals surface area contributed by atoms with Gasteiger partial charge in [0.2, 0.25) is 0 Å². The summed E-state index contributed by atoms with van der Waals surface area (Å²) in [6.45, 7) is 7.26. The van der Waals surface area contributed by atoms with Crippen LogP contribution in [0, 0.1) is 0 Å². The maximum Gasteiger partial charge on any atom is 0.119 e. The fourth-order valence-electron chi connectivity index (χ4n) is 1.83. The van der Waals surface area contributed by atoms with E-state index in [1.165, 1.54) is 25.7 Å². The zero-order chi connectivity index (χ0) is 13.9. The van der Waals surface area contributed by atoms with Crippen molar-refractivity contribution in [1.82, 2.24) is 0 Å². The number of hydrogen-bond acceptors (Lipinski definition) is 2. The van der Waals surface area contributed by atoms with Gasteiger partial charge in [-0.15, -0.1) is 0 Å². The highest BCUT2D eigenvalue weighted by Gasteiger charge is 2.01. The molecule has 0 aliphatic rings. The van der Waals surface area contributed by atoms with Gasteiger partial charge < -0.3 is 9.47 Å². The highest BCUT2D eigenvalue weighted by Crippen LogP contribution is 2.19. The zero-order valence-electron chi connectivity index (χ0n) is 12.7. The summed E-state index contributed by atoms with van der Waals surface area (Å²) in [6, 6.07) is 7.95. The highest BCUT2D eigenvalue weighted by molar-refractivity contribution is 5.31. The third-order valence-corrected chi connectivity index (χ3v) is 3.25. The fourth-order valence-corrected chi connectivity index (χ4v) is 1.83. The van der Waals surface area contributed by atoms with Crippen LogP contribution in [0.3, 0.4) is 0 Å². The lowest BCUT2D eigenvalue weighted by atomic mass is 10.2. The molecular formula is C17H28O2. The first-order valence-corrected chi connectivity index (χ1v) is 7.65. The molecule has 0 bridgehead atoms. The van der Waals surface area contributed by atoms with Gasteiger partial charge in [-0.2, -0.15) is 0 Å². The summed E-state index contributed by atoms with van der Waals surface area (Å²) in [5.41, 5.74) is 0. The van der Waals surface area contributed by atoms with Gasteiger partial charge in [0.15, 0.2) is 0 Å². The van der Waals surface area contributed by atoms with Crippen LogP contribution in [0.15, 0.2) is 24.3 Å². The molecule has 2 nitrogen and oxygen atoms in total. The summed E-state index contributed by atoms with van der Waals surface area (Å²) >= 11 is 0. The molecule has 0 fully saturated rings. The van der Waals surface area contributed by atoms with Crippen LogP contribution >= 0.6 is 0 Å². The Hall–Kier alpha value is -1.18. The lowest BCUT2D eigenvalue weighted by Gasteiger charge is -2.13. The summed E-state index contributed by atoms with van der Waals surface area (Å²) in [5, 5.41) is 0. The predicted molar refractivity (Wildman–Crippen MR) is 81.1 cm³/mol. The monoisotopic (exact) mass is 264 g/mol. The van der Waals surface area contributed by atoms with E-state index in [1.54, 1.807) is 0 Å². The molecule has 0 saturated carbocycles. The van der Waals surface area contributed by atoms with E-state index in [1.807, 2.05) is 24.3 Å². The fraction of sp³-hybridized carbons (Fsp3) is 0.647. The van der Waals surface area contributed by atoms with E-state index in [2.05, 4.69) is 20.8 Å². The average Bonchev–Trinajstić information content (AvgIpc) is 2.44. The van der Waals surface area contributed by atoms with Gasteiger partial charge in [0.05, 0.1) is 12.7 Å². The Balaban J connectivity index is 2.21. The van der Waals surface area contributed by atoms with Crippen LogP contribution < -0.4 is 9.47 Å². The van der Waals surface area contributed by atoms with Crippen LogP contribution in [-0.2, 0) is 0 Å². The van der Waals surface area contributed by atoms with Crippen molar-refractivity contribution in [3.8, 4) is 11.5 Å². The second-order valence-corrected chi connectivity index (χ2v) is 5.07. The molecule has 1 aromatic carbocycles. The molecule has 0 saturated heterocycles. The maximum atomic E-state index is 5.73. The Bertz CT molecular complexity index is 319. The molecule has 0 spiro atoms.